The molecule has 0 radical (unpaired) electrons. The molecule has 1 aromatic carbocycles. The van der Waals surface area contributed by atoms with Crippen LogP contribution in [0.25, 0.3) is 0 Å². The topological polar surface area (TPSA) is 51.7 Å². The molecule has 0 unspecified atom stereocenters. The van der Waals surface area contributed by atoms with Crippen molar-refractivity contribution in [3.8, 4) is 11.5 Å². The van der Waals surface area contributed by atoms with Crippen molar-refractivity contribution in [2.75, 3.05) is 26.8 Å². The van der Waals surface area contributed by atoms with Gasteiger partial charge in [-0.05, 0) is 37.6 Å². The van der Waals surface area contributed by atoms with E-state index < -0.39 is 0 Å². The van der Waals surface area contributed by atoms with Gasteiger partial charge < -0.3 is 14.4 Å². The number of hydrogen-bond donors (Lipinski definition) is 0. The van der Waals surface area contributed by atoms with E-state index in [1.807, 2.05) is 44.2 Å². The first-order chi connectivity index (χ1) is 11.1. The zero-order valence-electron chi connectivity index (χ0n) is 13.8. The van der Waals surface area contributed by atoms with E-state index in [1.54, 1.807) is 24.3 Å². The van der Waals surface area contributed by atoms with Crippen LogP contribution in [0.4, 0.5) is 0 Å². The fraction of sp³-hybridized carbons (Fsp3) is 0.333. The molecule has 0 saturated carbocycles. The molecule has 0 aliphatic rings. The maximum absolute atomic E-state index is 12.4. The van der Waals surface area contributed by atoms with Crippen molar-refractivity contribution in [1.82, 2.24) is 9.88 Å². The molecule has 0 aliphatic heterocycles. The number of benzene rings is 1. The first-order valence-electron chi connectivity index (χ1n) is 7.64. The van der Waals surface area contributed by atoms with Crippen LogP contribution in [0, 0.1) is 6.92 Å². The predicted octanol–water partition coefficient (Wildman–Crippen LogP) is 2.94. The fourth-order valence-electron chi connectivity index (χ4n) is 2.13. The molecular weight excluding hydrogens is 292 g/mol. The quantitative estimate of drug-likeness (QED) is 0.788. The molecule has 2 aromatic rings. The molecule has 1 amide bonds. The highest BCUT2D eigenvalue weighted by atomic mass is 16.5. The SMILES string of the molecule is CCOc1ccccc1OCCN(C)C(=O)c1cnccc1C. The number of ether oxygens (including phenoxy) is 2. The first kappa shape index (κ1) is 16.8. The van der Waals surface area contributed by atoms with E-state index in [0.29, 0.717) is 36.8 Å². The summed E-state index contributed by atoms with van der Waals surface area (Å²) in [6.07, 6.45) is 3.28. The van der Waals surface area contributed by atoms with Crippen LogP contribution >= 0.6 is 0 Å². The summed E-state index contributed by atoms with van der Waals surface area (Å²) in [6.45, 7) is 5.29. The summed E-state index contributed by atoms with van der Waals surface area (Å²) < 4.78 is 11.3. The van der Waals surface area contributed by atoms with Crippen LogP contribution in [0.15, 0.2) is 42.7 Å². The molecule has 1 aromatic heterocycles. The highest BCUT2D eigenvalue weighted by molar-refractivity contribution is 5.95. The minimum absolute atomic E-state index is 0.0581. The Bertz CT molecular complexity index is 658. The third-order valence-electron chi connectivity index (χ3n) is 3.45. The van der Waals surface area contributed by atoms with Gasteiger partial charge >= 0.3 is 0 Å². The molecule has 0 spiro atoms. The molecule has 0 bridgehead atoms. The molecule has 1 heterocycles. The zero-order valence-corrected chi connectivity index (χ0v) is 13.8. The Labute approximate surface area is 136 Å². The molecule has 122 valence electrons. The van der Waals surface area contributed by atoms with Gasteiger partial charge in [0, 0.05) is 19.4 Å². The molecule has 5 heteroatoms. The Morgan fingerprint density at radius 3 is 2.52 bits per heavy atom. The van der Waals surface area contributed by atoms with Crippen LogP contribution in [0.1, 0.15) is 22.8 Å². The number of nitrogens with zero attached hydrogens (tertiary/aromatic N) is 2. The second-order valence-corrected chi connectivity index (χ2v) is 5.15. The highest BCUT2D eigenvalue weighted by Gasteiger charge is 2.14. The maximum atomic E-state index is 12.4. The van der Waals surface area contributed by atoms with Gasteiger partial charge in [-0.15, -0.1) is 0 Å². The number of aryl methyl sites for hydroxylation is 1. The zero-order chi connectivity index (χ0) is 16.7. The van der Waals surface area contributed by atoms with Gasteiger partial charge in [0.05, 0.1) is 18.7 Å². The number of rotatable bonds is 7. The molecule has 5 nitrogen and oxygen atoms in total. The average Bonchev–Trinajstić information content (AvgIpc) is 2.56. The predicted molar refractivity (Wildman–Crippen MR) is 89.0 cm³/mol. The van der Waals surface area contributed by atoms with Gasteiger partial charge in [0.2, 0.25) is 0 Å². The van der Waals surface area contributed by atoms with Gasteiger partial charge in [0.15, 0.2) is 11.5 Å². The van der Waals surface area contributed by atoms with Crippen molar-refractivity contribution < 1.29 is 14.3 Å². The molecule has 2 rings (SSSR count). The maximum Gasteiger partial charge on any atom is 0.255 e. The molecule has 0 saturated heterocycles. The average molecular weight is 314 g/mol. The number of hydrogen-bond acceptors (Lipinski definition) is 4. The summed E-state index contributed by atoms with van der Waals surface area (Å²) in [4.78, 5) is 18.0. The van der Waals surface area contributed by atoms with Crippen LogP contribution in [-0.4, -0.2) is 42.6 Å². The highest BCUT2D eigenvalue weighted by Crippen LogP contribution is 2.26. The van der Waals surface area contributed by atoms with Crippen molar-refractivity contribution in [1.29, 1.82) is 0 Å². The first-order valence-corrected chi connectivity index (χ1v) is 7.64. The number of para-hydroxylation sites is 2. The van der Waals surface area contributed by atoms with Crippen LogP contribution < -0.4 is 9.47 Å². The summed E-state index contributed by atoms with van der Waals surface area (Å²) in [5.41, 5.74) is 1.53. The molecule has 0 aliphatic carbocycles. The smallest absolute Gasteiger partial charge is 0.255 e. The van der Waals surface area contributed by atoms with Gasteiger partial charge in [-0.25, -0.2) is 0 Å². The van der Waals surface area contributed by atoms with Crippen molar-refractivity contribution >= 4 is 5.91 Å². The lowest BCUT2D eigenvalue weighted by molar-refractivity contribution is 0.0772. The number of likely N-dealkylation sites (N-methyl/N-ethyl adjacent to an activating group) is 1. The minimum atomic E-state index is -0.0581. The van der Waals surface area contributed by atoms with Crippen molar-refractivity contribution in [2.45, 2.75) is 13.8 Å². The number of pyridine rings is 1. The lowest BCUT2D eigenvalue weighted by atomic mass is 10.1. The van der Waals surface area contributed by atoms with E-state index >= 15 is 0 Å². The van der Waals surface area contributed by atoms with Crippen molar-refractivity contribution in [2.24, 2.45) is 0 Å². The van der Waals surface area contributed by atoms with Gasteiger partial charge in [0.25, 0.3) is 5.91 Å². The summed E-state index contributed by atoms with van der Waals surface area (Å²) >= 11 is 0. The van der Waals surface area contributed by atoms with Gasteiger partial charge in [-0.2, -0.15) is 0 Å². The molecule has 23 heavy (non-hydrogen) atoms. The third kappa shape index (κ3) is 4.45. The number of amides is 1. The molecule has 0 atom stereocenters. The third-order valence-corrected chi connectivity index (χ3v) is 3.45. The molecule has 0 N–H and O–H groups in total. The van der Waals surface area contributed by atoms with Crippen molar-refractivity contribution in [3.05, 3.63) is 53.9 Å². The normalized spacial score (nSPS) is 10.2. The van der Waals surface area contributed by atoms with E-state index in [4.69, 9.17) is 9.47 Å². The Hall–Kier alpha value is -2.56. The van der Waals surface area contributed by atoms with E-state index in [2.05, 4.69) is 4.98 Å². The van der Waals surface area contributed by atoms with Gasteiger partial charge in [-0.1, -0.05) is 12.1 Å². The molecule has 0 fully saturated rings. The van der Waals surface area contributed by atoms with Gasteiger partial charge in [-0.3, -0.25) is 9.78 Å². The second-order valence-electron chi connectivity index (χ2n) is 5.15. The van der Waals surface area contributed by atoms with Crippen LogP contribution in [0.2, 0.25) is 0 Å². The fourth-order valence-corrected chi connectivity index (χ4v) is 2.13. The molecular formula is C18H22N2O3. The minimum Gasteiger partial charge on any atom is -0.490 e. The largest absolute Gasteiger partial charge is 0.490 e. The Balaban J connectivity index is 1.91. The van der Waals surface area contributed by atoms with Gasteiger partial charge in [0.1, 0.15) is 6.61 Å². The number of aromatic nitrogens is 1. The Morgan fingerprint density at radius 1 is 1.17 bits per heavy atom. The van der Waals surface area contributed by atoms with Crippen molar-refractivity contribution in [3.63, 3.8) is 0 Å². The van der Waals surface area contributed by atoms with E-state index in [9.17, 15) is 4.79 Å². The standard InChI is InChI=1S/C18H22N2O3/c1-4-22-16-7-5-6-8-17(16)23-12-11-20(3)18(21)15-13-19-10-9-14(15)2/h5-10,13H,4,11-12H2,1-3H3. The lowest BCUT2D eigenvalue weighted by Crippen LogP contribution is -2.31. The summed E-state index contributed by atoms with van der Waals surface area (Å²) in [6, 6.07) is 9.35. The monoisotopic (exact) mass is 314 g/mol. The van der Waals surface area contributed by atoms with E-state index in [-0.39, 0.29) is 5.91 Å². The number of carbonyl (C=O) groups is 1. The van der Waals surface area contributed by atoms with E-state index in [0.717, 1.165) is 5.56 Å². The van der Waals surface area contributed by atoms with Crippen LogP contribution in [0.3, 0.4) is 0 Å². The Morgan fingerprint density at radius 2 is 1.87 bits per heavy atom. The second kappa shape index (κ2) is 8.17. The summed E-state index contributed by atoms with van der Waals surface area (Å²) in [7, 11) is 1.76. The summed E-state index contributed by atoms with van der Waals surface area (Å²) in [5.74, 6) is 1.34. The number of carbonyl (C=O) groups excluding carboxylic acids is 1. The van der Waals surface area contributed by atoms with Crippen LogP contribution in [0.5, 0.6) is 11.5 Å². The Kier molecular flexibility index (Phi) is 5.97. The van der Waals surface area contributed by atoms with Crippen LogP contribution in [-0.2, 0) is 0 Å². The lowest BCUT2D eigenvalue weighted by Gasteiger charge is -2.19. The summed E-state index contributed by atoms with van der Waals surface area (Å²) in [5, 5.41) is 0. The van der Waals surface area contributed by atoms with E-state index in [1.165, 1.54) is 0 Å².